The highest BCUT2D eigenvalue weighted by Gasteiger charge is 2.09. The molecule has 0 saturated carbocycles. The van der Waals surface area contributed by atoms with E-state index in [9.17, 15) is 13.2 Å². The van der Waals surface area contributed by atoms with Gasteiger partial charge in [0, 0.05) is 12.1 Å². The fourth-order valence-corrected chi connectivity index (χ4v) is 1.58. The summed E-state index contributed by atoms with van der Waals surface area (Å²) in [5, 5.41) is 0. The van der Waals surface area contributed by atoms with E-state index in [2.05, 4.69) is 0 Å². The van der Waals surface area contributed by atoms with E-state index < -0.39 is 17.5 Å². The molecule has 0 bridgehead atoms. The molecule has 0 spiro atoms. The Hall–Kier alpha value is -1.52. The molecule has 0 fully saturated rings. The summed E-state index contributed by atoms with van der Waals surface area (Å²) < 4.78 is 39.4. The first-order valence-corrected chi connectivity index (χ1v) is 5.05. The Morgan fingerprint density at radius 3 is 2.11 bits per heavy atom. The average molecular weight is 274 g/mol. The predicted octanol–water partition coefficient (Wildman–Crippen LogP) is 3.65. The Morgan fingerprint density at radius 2 is 1.50 bits per heavy atom. The van der Waals surface area contributed by atoms with Gasteiger partial charge in [0.1, 0.15) is 5.82 Å². The third kappa shape index (κ3) is 2.83. The molecule has 5 heteroatoms. The average Bonchev–Trinajstić information content (AvgIpc) is 2.33. The van der Waals surface area contributed by atoms with Crippen LogP contribution in [-0.4, -0.2) is 0 Å². The van der Waals surface area contributed by atoms with Gasteiger partial charge in [0.05, 0.1) is 0 Å². The topological polar surface area (TPSA) is 26.0 Å². The van der Waals surface area contributed by atoms with Crippen LogP contribution in [0.25, 0.3) is 11.1 Å². The molecular weight excluding hydrogens is 263 g/mol. The van der Waals surface area contributed by atoms with Crippen LogP contribution in [0.3, 0.4) is 0 Å². The van der Waals surface area contributed by atoms with Crippen molar-refractivity contribution >= 4 is 12.4 Å². The van der Waals surface area contributed by atoms with Gasteiger partial charge in [-0.1, -0.05) is 12.1 Å². The monoisotopic (exact) mass is 273 g/mol. The second-order valence-electron chi connectivity index (χ2n) is 3.65. The van der Waals surface area contributed by atoms with Crippen molar-refractivity contribution in [2.24, 2.45) is 5.73 Å². The van der Waals surface area contributed by atoms with E-state index in [1.807, 2.05) is 0 Å². The van der Waals surface area contributed by atoms with E-state index >= 15 is 0 Å². The second kappa shape index (κ2) is 5.89. The largest absolute Gasteiger partial charge is 0.326 e. The van der Waals surface area contributed by atoms with Crippen LogP contribution in [0, 0.1) is 17.5 Å². The lowest BCUT2D eigenvalue weighted by Gasteiger charge is -2.06. The molecule has 0 saturated heterocycles. The molecule has 2 rings (SSSR count). The highest BCUT2D eigenvalue weighted by atomic mass is 35.5. The first-order chi connectivity index (χ1) is 8.11. The molecule has 0 unspecified atom stereocenters. The molecule has 1 nitrogen and oxygen atoms in total. The van der Waals surface area contributed by atoms with Gasteiger partial charge in [-0.05, 0) is 35.4 Å². The maximum Gasteiger partial charge on any atom is 0.159 e. The van der Waals surface area contributed by atoms with Gasteiger partial charge in [0.15, 0.2) is 11.6 Å². The summed E-state index contributed by atoms with van der Waals surface area (Å²) >= 11 is 0. The van der Waals surface area contributed by atoms with Gasteiger partial charge in [-0.3, -0.25) is 0 Å². The molecule has 0 aromatic heterocycles. The second-order valence-corrected chi connectivity index (χ2v) is 3.65. The summed E-state index contributed by atoms with van der Waals surface area (Å²) in [4.78, 5) is 0. The normalized spacial score (nSPS) is 10.0. The highest BCUT2D eigenvalue weighted by molar-refractivity contribution is 5.85. The van der Waals surface area contributed by atoms with Crippen LogP contribution < -0.4 is 5.73 Å². The van der Waals surface area contributed by atoms with Gasteiger partial charge >= 0.3 is 0 Å². The van der Waals surface area contributed by atoms with Gasteiger partial charge in [-0.15, -0.1) is 12.4 Å². The van der Waals surface area contributed by atoms with E-state index in [4.69, 9.17) is 5.73 Å². The van der Waals surface area contributed by atoms with Crippen molar-refractivity contribution in [3.8, 4) is 11.1 Å². The molecule has 2 aromatic carbocycles. The van der Waals surface area contributed by atoms with Gasteiger partial charge < -0.3 is 5.73 Å². The molecule has 0 heterocycles. The lowest BCUT2D eigenvalue weighted by Crippen LogP contribution is -1.97. The SMILES string of the molecule is Cl.NCc1ccc(F)c(-c2ccc(F)c(F)c2)c1. The molecular formula is C13H11ClF3N. The Balaban J connectivity index is 0.00000162. The molecule has 2 N–H and O–H groups in total. The van der Waals surface area contributed by atoms with Crippen LogP contribution in [0.2, 0.25) is 0 Å². The number of halogens is 4. The van der Waals surface area contributed by atoms with Crippen molar-refractivity contribution in [2.45, 2.75) is 6.54 Å². The van der Waals surface area contributed by atoms with E-state index in [0.29, 0.717) is 0 Å². The molecule has 0 aliphatic heterocycles. The molecule has 0 aliphatic carbocycles. The quantitative estimate of drug-likeness (QED) is 0.888. The van der Waals surface area contributed by atoms with E-state index in [-0.39, 0.29) is 30.1 Å². The van der Waals surface area contributed by atoms with Crippen molar-refractivity contribution in [2.75, 3.05) is 0 Å². The summed E-state index contributed by atoms with van der Waals surface area (Å²) in [5.41, 5.74) is 6.68. The fraction of sp³-hybridized carbons (Fsp3) is 0.0769. The van der Waals surface area contributed by atoms with Crippen LogP contribution in [-0.2, 0) is 6.54 Å². The maximum absolute atomic E-state index is 13.6. The number of hydrogen-bond acceptors (Lipinski definition) is 1. The minimum atomic E-state index is -1.000. The molecule has 0 amide bonds. The Bertz CT molecular complexity index is 558. The summed E-state index contributed by atoms with van der Waals surface area (Å²) in [6.45, 7) is 0.261. The van der Waals surface area contributed by atoms with E-state index in [1.54, 1.807) is 6.07 Å². The van der Waals surface area contributed by atoms with Crippen LogP contribution in [0.4, 0.5) is 13.2 Å². The van der Waals surface area contributed by atoms with Crippen molar-refractivity contribution in [3.63, 3.8) is 0 Å². The van der Waals surface area contributed by atoms with Gasteiger partial charge in [-0.25, -0.2) is 13.2 Å². The summed E-state index contributed by atoms with van der Waals surface area (Å²) in [5.74, 6) is -2.45. The molecule has 2 aromatic rings. The minimum Gasteiger partial charge on any atom is -0.326 e. The van der Waals surface area contributed by atoms with Crippen LogP contribution >= 0.6 is 12.4 Å². The predicted molar refractivity (Wildman–Crippen MR) is 66.9 cm³/mol. The first kappa shape index (κ1) is 14.5. The zero-order valence-corrected chi connectivity index (χ0v) is 10.1. The summed E-state index contributed by atoms with van der Waals surface area (Å²) in [6.07, 6.45) is 0. The third-order valence-electron chi connectivity index (χ3n) is 2.50. The van der Waals surface area contributed by atoms with Crippen LogP contribution in [0.5, 0.6) is 0 Å². The van der Waals surface area contributed by atoms with Gasteiger partial charge in [0.2, 0.25) is 0 Å². The number of hydrogen-bond donors (Lipinski definition) is 1. The number of rotatable bonds is 2. The minimum absolute atomic E-state index is 0. The zero-order valence-electron chi connectivity index (χ0n) is 9.29. The van der Waals surface area contributed by atoms with E-state index in [0.717, 1.165) is 17.7 Å². The van der Waals surface area contributed by atoms with Gasteiger partial charge in [0.25, 0.3) is 0 Å². The highest BCUT2D eigenvalue weighted by Crippen LogP contribution is 2.25. The standard InChI is InChI=1S/C13H10F3N.ClH/c14-11-3-1-8(7-17)5-10(11)9-2-4-12(15)13(16)6-9;/h1-6H,7,17H2;1H. The van der Waals surface area contributed by atoms with Crippen molar-refractivity contribution in [1.82, 2.24) is 0 Å². The molecule has 0 radical (unpaired) electrons. The maximum atomic E-state index is 13.6. The molecule has 0 aliphatic rings. The summed E-state index contributed by atoms with van der Waals surface area (Å²) in [7, 11) is 0. The Labute approximate surface area is 109 Å². The number of nitrogens with two attached hydrogens (primary N) is 1. The summed E-state index contributed by atoms with van der Waals surface area (Å²) in [6, 6.07) is 7.61. The lowest BCUT2D eigenvalue weighted by molar-refractivity contribution is 0.509. The fourth-order valence-electron chi connectivity index (χ4n) is 1.58. The zero-order chi connectivity index (χ0) is 12.4. The first-order valence-electron chi connectivity index (χ1n) is 5.05. The van der Waals surface area contributed by atoms with E-state index in [1.165, 1.54) is 18.2 Å². The molecule has 96 valence electrons. The third-order valence-corrected chi connectivity index (χ3v) is 2.50. The smallest absolute Gasteiger partial charge is 0.159 e. The van der Waals surface area contributed by atoms with Crippen molar-refractivity contribution in [1.29, 1.82) is 0 Å². The van der Waals surface area contributed by atoms with Crippen LogP contribution in [0.15, 0.2) is 36.4 Å². The molecule has 18 heavy (non-hydrogen) atoms. The molecule has 0 atom stereocenters. The lowest BCUT2D eigenvalue weighted by atomic mass is 10.0. The van der Waals surface area contributed by atoms with Crippen LogP contribution in [0.1, 0.15) is 5.56 Å². The Kier molecular flexibility index (Phi) is 4.76. The van der Waals surface area contributed by atoms with Crippen molar-refractivity contribution < 1.29 is 13.2 Å². The Morgan fingerprint density at radius 1 is 0.833 bits per heavy atom. The number of benzene rings is 2. The van der Waals surface area contributed by atoms with Gasteiger partial charge in [-0.2, -0.15) is 0 Å². The van der Waals surface area contributed by atoms with Crippen molar-refractivity contribution in [3.05, 3.63) is 59.4 Å².